The van der Waals surface area contributed by atoms with Gasteiger partial charge in [0.1, 0.15) is 5.75 Å². The van der Waals surface area contributed by atoms with Gasteiger partial charge in [0, 0.05) is 0 Å². The van der Waals surface area contributed by atoms with Crippen LogP contribution in [-0.4, -0.2) is 11.7 Å². The molecule has 1 aliphatic rings. The molecule has 3 heteroatoms. The number of Topliss-reactive ketones (excluding diaryl/α,β-unsaturated/α-hetero) is 1. The lowest BCUT2D eigenvalue weighted by Gasteiger charge is -2.02. The predicted molar refractivity (Wildman–Crippen MR) is 74.4 cm³/mol. The summed E-state index contributed by atoms with van der Waals surface area (Å²) in [6, 6.07) is 13.2. The number of aliphatic imine (C=N–C) groups is 1. The van der Waals surface area contributed by atoms with E-state index >= 15 is 0 Å². The second-order valence-electron chi connectivity index (χ2n) is 4.64. The minimum Gasteiger partial charge on any atom is -0.435 e. The number of hydrogen-bond acceptors (Lipinski definition) is 3. The molecule has 0 radical (unpaired) electrons. The first kappa shape index (κ1) is 11.7. The zero-order chi connectivity index (χ0) is 13.4. The number of aryl methyl sites for hydroxylation is 2. The first-order valence-corrected chi connectivity index (χ1v) is 6.12. The molecule has 0 bridgehead atoms. The fourth-order valence-electron chi connectivity index (χ4n) is 2.21. The van der Waals surface area contributed by atoms with Gasteiger partial charge in [-0.15, -0.1) is 0 Å². The molecular formula is C16H13NO2. The van der Waals surface area contributed by atoms with E-state index in [9.17, 15) is 4.79 Å². The van der Waals surface area contributed by atoms with Gasteiger partial charge in [0.25, 0.3) is 11.7 Å². The minimum absolute atomic E-state index is 0.148. The highest BCUT2D eigenvalue weighted by molar-refractivity contribution is 6.47. The van der Waals surface area contributed by atoms with Crippen LogP contribution in [0.25, 0.3) is 0 Å². The highest BCUT2D eigenvalue weighted by Gasteiger charge is 2.30. The summed E-state index contributed by atoms with van der Waals surface area (Å²) in [5.41, 5.74) is 3.33. The van der Waals surface area contributed by atoms with Crippen LogP contribution in [0, 0.1) is 13.8 Å². The summed E-state index contributed by atoms with van der Waals surface area (Å²) in [6.07, 6.45) is 0. The highest BCUT2D eigenvalue weighted by Crippen LogP contribution is 2.32. The highest BCUT2D eigenvalue weighted by atomic mass is 16.5. The Morgan fingerprint density at radius 2 is 1.79 bits per heavy atom. The lowest BCUT2D eigenvalue weighted by Crippen LogP contribution is -2.11. The number of rotatable bonds is 1. The van der Waals surface area contributed by atoms with Crippen molar-refractivity contribution in [3.8, 4) is 5.75 Å². The van der Waals surface area contributed by atoms with E-state index in [0.717, 1.165) is 11.1 Å². The van der Waals surface area contributed by atoms with Crippen molar-refractivity contribution in [1.82, 2.24) is 0 Å². The Bertz CT molecular complexity index is 687. The largest absolute Gasteiger partial charge is 0.435 e. The van der Waals surface area contributed by atoms with E-state index in [1.807, 2.05) is 56.3 Å². The second-order valence-corrected chi connectivity index (χ2v) is 4.64. The van der Waals surface area contributed by atoms with Crippen LogP contribution in [0.2, 0.25) is 0 Å². The Labute approximate surface area is 111 Å². The molecule has 2 aromatic rings. The maximum Gasteiger partial charge on any atom is 0.269 e. The third-order valence-corrected chi connectivity index (χ3v) is 3.04. The molecule has 0 atom stereocenters. The molecule has 0 amide bonds. The van der Waals surface area contributed by atoms with Crippen LogP contribution in [-0.2, 0) is 0 Å². The number of ketones is 1. The smallest absolute Gasteiger partial charge is 0.269 e. The van der Waals surface area contributed by atoms with E-state index in [1.165, 1.54) is 0 Å². The summed E-state index contributed by atoms with van der Waals surface area (Å²) in [6.45, 7) is 3.90. The van der Waals surface area contributed by atoms with Crippen molar-refractivity contribution < 1.29 is 9.53 Å². The third kappa shape index (κ3) is 2.03. The van der Waals surface area contributed by atoms with Gasteiger partial charge in [0.05, 0.1) is 11.3 Å². The van der Waals surface area contributed by atoms with E-state index in [2.05, 4.69) is 4.99 Å². The van der Waals surface area contributed by atoms with Crippen LogP contribution in [0.15, 0.2) is 47.5 Å². The third-order valence-electron chi connectivity index (χ3n) is 3.04. The molecule has 0 unspecified atom stereocenters. The first-order valence-electron chi connectivity index (χ1n) is 6.12. The lowest BCUT2D eigenvalue weighted by atomic mass is 10.0. The van der Waals surface area contributed by atoms with E-state index in [0.29, 0.717) is 17.0 Å². The summed E-state index contributed by atoms with van der Waals surface area (Å²) >= 11 is 0. The molecule has 0 spiro atoms. The van der Waals surface area contributed by atoms with Crippen LogP contribution in [0.3, 0.4) is 0 Å². The average Bonchev–Trinajstić information content (AvgIpc) is 2.69. The maximum absolute atomic E-state index is 12.2. The fourth-order valence-corrected chi connectivity index (χ4v) is 2.21. The van der Waals surface area contributed by atoms with Crippen molar-refractivity contribution in [2.75, 3.05) is 0 Å². The monoisotopic (exact) mass is 251 g/mol. The number of para-hydroxylation sites is 1. The molecule has 3 rings (SSSR count). The normalized spacial score (nSPS) is 15.5. The summed E-state index contributed by atoms with van der Waals surface area (Å²) in [5, 5.41) is 0. The quantitative estimate of drug-likeness (QED) is 0.776. The maximum atomic E-state index is 12.2. The van der Waals surface area contributed by atoms with Gasteiger partial charge < -0.3 is 4.74 Å². The van der Waals surface area contributed by atoms with Crippen LogP contribution in [0.5, 0.6) is 5.75 Å². The first-order chi connectivity index (χ1) is 9.15. The Morgan fingerprint density at radius 1 is 1.05 bits per heavy atom. The standard InChI is InChI=1S/C16H13NO2/c1-10-8-11(2)15-13(9-10)14(18)16(19-15)17-12-6-4-3-5-7-12/h3-9H,1-2H3. The molecule has 0 aliphatic carbocycles. The molecule has 3 nitrogen and oxygen atoms in total. The lowest BCUT2D eigenvalue weighted by molar-refractivity contribution is 0.106. The van der Waals surface area contributed by atoms with E-state index in [1.54, 1.807) is 0 Å². The summed E-state index contributed by atoms with van der Waals surface area (Å²) in [4.78, 5) is 16.5. The van der Waals surface area contributed by atoms with Crippen molar-refractivity contribution in [3.63, 3.8) is 0 Å². The molecule has 0 N–H and O–H groups in total. The van der Waals surface area contributed by atoms with Gasteiger partial charge in [0.15, 0.2) is 0 Å². The van der Waals surface area contributed by atoms with Gasteiger partial charge in [-0.1, -0.05) is 24.3 Å². The van der Waals surface area contributed by atoms with Crippen molar-refractivity contribution in [3.05, 3.63) is 59.2 Å². The molecule has 1 aliphatic heterocycles. The molecule has 0 saturated heterocycles. The Balaban J connectivity index is 2.05. The molecule has 1 heterocycles. The predicted octanol–water partition coefficient (Wildman–Crippen LogP) is 3.61. The summed E-state index contributed by atoms with van der Waals surface area (Å²) in [7, 11) is 0. The molecule has 2 aromatic carbocycles. The molecule has 19 heavy (non-hydrogen) atoms. The second kappa shape index (κ2) is 4.35. The van der Waals surface area contributed by atoms with E-state index in [4.69, 9.17) is 4.74 Å². The molecule has 94 valence electrons. The van der Waals surface area contributed by atoms with Gasteiger partial charge in [-0.25, -0.2) is 4.99 Å². The number of carbonyl (C=O) groups is 1. The number of carbonyl (C=O) groups excluding carboxylic acids is 1. The molecule has 0 fully saturated rings. The van der Waals surface area contributed by atoms with Crippen LogP contribution >= 0.6 is 0 Å². The van der Waals surface area contributed by atoms with Crippen LogP contribution < -0.4 is 4.74 Å². The summed E-state index contributed by atoms with van der Waals surface area (Å²) < 4.78 is 5.61. The van der Waals surface area contributed by atoms with Crippen molar-refractivity contribution >= 4 is 17.4 Å². The average molecular weight is 251 g/mol. The van der Waals surface area contributed by atoms with Crippen LogP contribution in [0.1, 0.15) is 21.5 Å². The molecular weight excluding hydrogens is 238 g/mol. The van der Waals surface area contributed by atoms with Gasteiger partial charge in [0.2, 0.25) is 0 Å². The topological polar surface area (TPSA) is 38.7 Å². The molecule has 0 saturated carbocycles. The fraction of sp³-hybridized carbons (Fsp3) is 0.125. The Kier molecular flexibility index (Phi) is 2.67. The van der Waals surface area contributed by atoms with Gasteiger partial charge >= 0.3 is 0 Å². The number of nitrogens with zero attached hydrogens (tertiary/aromatic N) is 1. The number of hydrogen-bond donors (Lipinski definition) is 0. The summed E-state index contributed by atoms with van der Waals surface area (Å²) in [5.74, 6) is 0.630. The zero-order valence-electron chi connectivity index (χ0n) is 10.8. The number of ether oxygens (including phenoxy) is 1. The number of benzene rings is 2. The Hall–Kier alpha value is -2.42. The Morgan fingerprint density at radius 3 is 2.53 bits per heavy atom. The van der Waals surface area contributed by atoms with Gasteiger partial charge in [-0.2, -0.15) is 0 Å². The van der Waals surface area contributed by atoms with Crippen LogP contribution in [0.4, 0.5) is 5.69 Å². The van der Waals surface area contributed by atoms with Crippen molar-refractivity contribution in [2.45, 2.75) is 13.8 Å². The molecule has 0 aromatic heterocycles. The minimum atomic E-state index is -0.148. The number of fused-ring (bicyclic) bond motifs is 1. The van der Waals surface area contributed by atoms with E-state index < -0.39 is 0 Å². The van der Waals surface area contributed by atoms with E-state index in [-0.39, 0.29) is 11.7 Å². The van der Waals surface area contributed by atoms with Gasteiger partial charge in [-0.3, -0.25) is 4.79 Å². The van der Waals surface area contributed by atoms with Crippen molar-refractivity contribution in [1.29, 1.82) is 0 Å². The van der Waals surface area contributed by atoms with Crippen molar-refractivity contribution in [2.24, 2.45) is 4.99 Å². The zero-order valence-corrected chi connectivity index (χ0v) is 10.8. The SMILES string of the molecule is Cc1cc(C)c2c(c1)C(=O)C(=Nc1ccccc1)O2. The van der Waals surface area contributed by atoms with Gasteiger partial charge in [-0.05, 0) is 43.2 Å².